The lowest BCUT2D eigenvalue weighted by Gasteiger charge is -2.09. The van der Waals surface area contributed by atoms with Crippen LogP contribution in [0.2, 0.25) is 0 Å². The van der Waals surface area contributed by atoms with Gasteiger partial charge in [0.05, 0.1) is 5.69 Å². The molecule has 1 atom stereocenters. The Hall–Kier alpha value is -2.29. The van der Waals surface area contributed by atoms with Gasteiger partial charge in [0.1, 0.15) is 11.5 Å². The monoisotopic (exact) mass is 251 g/mol. The van der Waals surface area contributed by atoms with Crippen LogP contribution >= 0.6 is 0 Å². The van der Waals surface area contributed by atoms with Crippen molar-refractivity contribution in [2.75, 3.05) is 5.73 Å². The summed E-state index contributed by atoms with van der Waals surface area (Å²) >= 11 is 0. The topological polar surface area (TPSA) is 43.3 Å². The van der Waals surface area contributed by atoms with Gasteiger partial charge in [0.25, 0.3) is 0 Å². The summed E-state index contributed by atoms with van der Waals surface area (Å²) in [6.45, 7) is 4.19. The summed E-state index contributed by atoms with van der Waals surface area (Å²) in [6.07, 6.45) is 2.03. The van der Waals surface area contributed by atoms with Crippen LogP contribution < -0.4 is 5.73 Å². The third-order valence-electron chi connectivity index (χ3n) is 3.54. The molecule has 0 amide bonds. The molecule has 2 heterocycles. The number of aryl methyl sites for hydroxylation is 1. The van der Waals surface area contributed by atoms with Gasteiger partial charge in [-0.05, 0) is 24.1 Å². The Balaban J connectivity index is 2.13. The van der Waals surface area contributed by atoms with Crippen molar-refractivity contribution in [1.29, 1.82) is 0 Å². The van der Waals surface area contributed by atoms with E-state index in [1.54, 1.807) is 0 Å². The summed E-state index contributed by atoms with van der Waals surface area (Å²) < 4.78 is 1.96. The van der Waals surface area contributed by atoms with Crippen LogP contribution in [0, 0.1) is 6.92 Å². The SMILES string of the molecule is Cc1ccc2nc(C(C)c3ccccc3)c(N)n2c1. The number of hydrogen-bond acceptors (Lipinski definition) is 2. The lowest BCUT2D eigenvalue weighted by Crippen LogP contribution is -2.01. The van der Waals surface area contributed by atoms with Crippen molar-refractivity contribution in [3.05, 3.63) is 65.5 Å². The van der Waals surface area contributed by atoms with Gasteiger partial charge in [-0.3, -0.25) is 4.40 Å². The minimum absolute atomic E-state index is 0.196. The van der Waals surface area contributed by atoms with Crippen LogP contribution in [0.15, 0.2) is 48.7 Å². The average molecular weight is 251 g/mol. The molecule has 1 aromatic carbocycles. The number of rotatable bonds is 2. The minimum atomic E-state index is 0.196. The Morgan fingerprint density at radius 2 is 1.84 bits per heavy atom. The van der Waals surface area contributed by atoms with Crippen molar-refractivity contribution < 1.29 is 0 Å². The van der Waals surface area contributed by atoms with Gasteiger partial charge in [-0.25, -0.2) is 4.98 Å². The highest BCUT2D eigenvalue weighted by molar-refractivity contribution is 5.55. The fourth-order valence-corrected chi connectivity index (χ4v) is 2.41. The van der Waals surface area contributed by atoms with Crippen LogP contribution in [-0.2, 0) is 0 Å². The van der Waals surface area contributed by atoms with Gasteiger partial charge in [-0.2, -0.15) is 0 Å². The third kappa shape index (κ3) is 1.97. The highest BCUT2D eigenvalue weighted by Crippen LogP contribution is 2.28. The van der Waals surface area contributed by atoms with Crippen molar-refractivity contribution in [2.45, 2.75) is 19.8 Å². The maximum Gasteiger partial charge on any atom is 0.138 e. The molecule has 3 aromatic rings. The van der Waals surface area contributed by atoms with Gasteiger partial charge in [-0.15, -0.1) is 0 Å². The summed E-state index contributed by atoms with van der Waals surface area (Å²) in [7, 11) is 0. The van der Waals surface area contributed by atoms with E-state index >= 15 is 0 Å². The molecule has 3 rings (SSSR count). The highest BCUT2D eigenvalue weighted by atomic mass is 15.1. The van der Waals surface area contributed by atoms with Crippen molar-refractivity contribution in [1.82, 2.24) is 9.38 Å². The first kappa shape index (κ1) is 11.8. The number of benzene rings is 1. The summed E-state index contributed by atoms with van der Waals surface area (Å²) in [5.74, 6) is 0.927. The third-order valence-corrected chi connectivity index (χ3v) is 3.54. The van der Waals surface area contributed by atoms with E-state index in [0.29, 0.717) is 0 Å². The smallest absolute Gasteiger partial charge is 0.138 e. The molecule has 0 aliphatic heterocycles. The van der Waals surface area contributed by atoms with Crippen molar-refractivity contribution in [3.63, 3.8) is 0 Å². The molecule has 3 heteroatoms. The Morgan fingerprint density at radius 3 is 2.58 bits per heavy atom. The summed E-state index contributed by atoms with van der Waals surface area (Å²) in [5, 5.41) is 0. The molecule has 0 saturated heterocycles. The Labute approximate surface area is 112 Å². The van der Waals surface area contributed by atoms with Crippen LogP contribution in [-0.4, -0.2) is 9.38 Å². The number of hydrogen-bond donors (Lipinski definition) is 1. The van der Waals surface area contributed by atoms with Gasteiger partial charge in [0, 0.05) is 12.1 Å². The summed E-state index contributed by atoms with van der Waals surface area (Å²) in [4.78, 5) is 4.67. The van der Waals surface area contributed by atoms with Gasteiger partial charge in [0.2, 0.25) is 0 Å². The number of pyridine rings is 1. The largest absolute Gasteiger partial charge is 0.383 e. The van der Waals surface area contributed by atoms with E-state index in [-0.39, 0.29) is 5.92 Å². The summed E-state index contributed by atoms with van der Waals surface area (Å²) in [6, 6.07) is 14.4. The second-order valence-corrected chi connectivity index (χ2v) is 4.95. The maximum atomic E-state index is 6.25. The summed E-state index contributed by atoms with van der Waals surface area (Å²) in [5.41, 5.74) is 10.5. The molecule has 0 aliphatic rings. The molecule has 0 spiro atoms. The first-order valence-corrected chi connectivity index (χ1v) is 6.46. The maximum absolute atomic E-state index is 6.25. The molecule has 0 aliphatic carbocycles. The van der Waals surface area contributed by atoms with Crippen LogP contribution in [0.3, 0.4) is 0 Å². The number of anilines is 1. The number of fused-ring (bicyclic) bond motifs is 1. The van der Waals surface area contributed by atoms with E-state index < -0.39 is 0 Å². The molecule has 96 valence electrons. The molecule has 0 bridgehead atoms. The molecule has 0 fully saturated rings. The number of imidazole rings is 1. The first-order chi connectivity index (χ1) is 9.16. The zero-order valence-corrected chi connectivity index (χ0v) is 11.2. The van der Waals surface area contributed by atoms with E-state index in [4.69, 9.17) is 5.73 Å². The lowest BCUT2D eigenvalue weighted by molar-refractivity contribution is 0.889. The quantitative estimate of drug-likeness (QED) is 0.758. The minimum Gasteiger partial charge on any atom is -0.383 e. The van der Waals surface area contributed by atoms with Gasteiger partial charge < -0.3 is 5.73 Å². The normalized spacial score (nSPS) is 12.7. The van der Waals surface area contributed by atoms with E-state index in [1.165, 1.54) is 11.1 Å². The number of nitrogens with zero attached hydrogens (tertiary/aromatic N) is 2. The number of aromatic nitrogens is 2. The Kier molecular flexibility index (Phi) is 2.75. The van der Waals surface area contributed by atoms with E-state index in [0.717, 1.165) is 17.2 Å². The predicted molar refractivity (Wildman–Crippen MR) is 78.3 cm³/mol. The molecule has 2 N–H and O–H groups in total. The van der Waals surface area contributed by atoms with E-state index in [1.807, 2.05) is 34.9 Å². The fourth-order valence-electron chi connectivity index (χ4n) is 2.41. The molecule has 1 unspecified atom stereocenters. The zero-order chi connectivity index (χ0) is 13.4. The molecule has 0 saturated carbocycles. The molecular weight excluding hydrogens is 234 g/mol. The standard InChI is InChI=1S/C16H17N3/c1-11-8-9-14-18-15(16(17)19(14)10-11)12(2)13-6-4-3-5-7-13/h3-10,12H,17H2,1-2H3. The number of nitrogens with two attached hydrogens (primary N) is 1. The Morgan fingerprint density at radius 1 is 1.11 bits per heavy atom. The van der Waals surface area contributed by atoms with Crippen molar-refractivity contribution in [2.24, 2.45) is 0 Å². The lowest BCUT2D eigenvalue weighted by atomic mass is 9.98. The molecule has 19 heavy (non-hydrogen) atoms. The second kappa shape index (κ2) is 4.43. The molecular formula is C16H17N3. The van der Waals surface area contributed by atoms with Gasteiger partial charge in [-0.1, -0.05) is 43.3 Å². The van der Waals surface area contributed by atoms with Crippen molar-refractivity contribution in [3.8, 4) is 0 Å². The Bertz CT molecular complexity index is 713. The van der Waals surface area contributed by atoms with Crippen molar-refractivity contribution >= 4 is 11.5 Å². The van der Waals surface area contributed by atoms with E-state index in [9.17, 15) is 0 Å². The van der Waals surface area contributed by atoms with Gasteiger partial charge in [0.15, 0.2) is 0 Å². The molecule has 2 aromatic heterocycles. The van der Waals surface area contributed by atoms with Gasteiger partial charge >= 0.3 is 0 Å². The first-order valence-electron chi connectivity index (χ1n) is 6.46. The van der Waals surface area contributed by atoms with Crippen LogP contribution in [0.25, 0.3) is 5.65 Å². The van der Waals surface area contributed by atoms with Crippen LogP contribution in [0.5, 0.6) is 0 Å². The predicted octanol–water partition coefficient (Wildman–Crippen LogP) is 3.38. The van der Waals surface area contributed by atoms with Crippen LogP contribution in [0.1, 0.15) is 29.7 Å². The average Bonchev–Trinajstić information content (AvgIpc) is 2.76. The second-order valence-electron chi connectivity index (χ2n) is 4.95. The highest BCUT2D eigenvalue weighted by Gasteiger charge is 2.17. The zero-order valence-electron chi connectivity index (χ0n) is 11.2. The van der Waals surface area contributed by atoms with Crippen LogP contribution in [0.4, 0.5) is 5.82 Å². The van der Waals surface area contributed by atoms with E-state index in [2.05, 4.69) is 37.0 Å². The number of nitrogen functional groups attached to an aromatic ring is 1. The molecule has 0 radical (unpaired) electrons. The fraction of sp³-hybridized carbons (Fsp3) is 0.188. The molecule has 3 nitrogen and oxygen atoms in total.